The zero-order chi connectivity index (χ0) is 12.3. The summed E-state index contributed by atoms with van der Waals surface area (Å²) in [5.41, 5.74) is 0. The maximum atomic E-state index is 5.94. The van der Waals surface area contributed by atoms with Gasteiger partial charge in [0, 0.05) is 22.8 Å². The van der Waals surface area contributed by atoms with E-state index in [1.165, 1.54) is 30.6 Å². The van der Waals surface area contributed by atoms with Crippen LogP contribution in [0.5, 0.6) is 0 Å². The van der Waals surface area contributed by atoms with Crippen molar-refractivity contribution in [2.45, 2.75) is 52.1 Å². The molecule has 1 saturated carbocycles. The van der Waals surface area contributed by atoms with Gasteiger partial charge in [0.05, 0.1) is 5.02 Å². The molecule has 17 heavy (non-hydrogen) atoms. The Bertz CT molecular complexity index is 348. The van der Waals surface area contributed by atoms with Gasteiger partial charge in [-0.25, -0.2) is 0 Å². The minimum Gasteiger partial charge on any atom is -0.309 e. The molecule has 1 nitrogen and oxygen atoms in total. The van der Waals surface area contributed by atoms with Crippen LogP contribution in [0.25, 0.3) is 0 Å². The summed E-state index contributed by atoms with van der Waals surface area (Å²) >= 11 is 7.70. The van der Waals surface area contributed by atoms with Crippen LogP contribution in [0.4, 0.5) is 0 Å². The molecule has 2 atom stereocenters. The van der Waals surface area contributed by atoms with Crippen LogP contribution in [-0.2, 0) is 6.54 Å². The van der Waals surface area contributed by atoms with Crippen LogP contribution in [0.3, 0.4) is 0 Å². The second kappa shape index (κ2) is 6.21. The van der Waals surface area contributed by atoms with Crippen molar-refractivity contribution in [1.29, 1.82) is 0 Å². The van der Waals surface area contributed by atoms with Gasteiger partial charge in [0.2, 0.25) is 0 Å². The molecule has 1 aliphatic rings. The van der Waals surface area contributed by atoms with Gasteiger partial charge in [-0.1, -0.05) is 38.3 Å². The lowest BCUT2D eigenvalue weighted by Gasteiger charge is -2.35. The summed E-state index contributed by atoms with van der Waals surface area (Å²) in [6.45, 7) is 5.69. The fraction of sp³-hybridized carbons (Fsp3) is 0.714. The average molecular weight is 272 g/mol. The molecule has 1 aromatic heterocycles. The van der Waals surface area contributed by atoms with Gasteiger partial charge in [-0.05, 0) is 30.7 Å². The zero-order valence-electron chi connectivity index (χ0n) is 10.7. The molecular formula is C14H22ClNS. The van der Waals surface area contributed by atoms with E-state index in [0.717, 1.165) is 23.4 Å². The molecule has 0 radical (unpaired) electrons. The summed E-state index contributed by atoms with van der Waals surface area (Å²) in [5.74, 6) is 1.64. The molecule has 2 rings (SSSR count). The monoisotopic (exact) mass is 271 g/mol. The maximum Gasteiger partial charge on any atom is 0.0516 e. The summed E-state index contributed by atoms with van der Waals surface area (Å²) in [6.07, 6.45) is 5.51. The predicted octanol–water partition coefficient (Wildman–Crippen LogP) is 4.71. The Kier molecular flexibility index (Phi) is 4.89. The Balaban J connectivity index is 1.88. The third-order valence-corrected chi connectivity index (χ3v) is 5.12. The number of nitrogens with one attached hydrogen (secondary N) is 1. The quantitative estimate of drug-likeness (QED) is 0.837. The second-order valence-corrected chi connectivity index (χ2v) is 6.84. The van der Waals surface area contributed by atoms with Crippen LogP contribution in [0.1, 0.15) is 44.4 Å². The summed E-state index contributed by atoms with van der Waals surface area (Å²) in [7, 11) is 0. The van der Waals surface area contributed by atoms with E-state index in [4.69, 9.17) is 11.6 Å². The number of hydrogen-bond donors (Lipinski definition) is 1. The summed E-state index contributed by atoms with van der Waals surface area (Å²) in [5, 5.41) is 6.62. The first kappa shape index (κ1) is 13.4. The highest BCUT2D eigenvalue weighted by molar-refractivity contribution is 7.10. The van der Waals surface area contributed by atoms with Crippen molar-refractivity contribution in [2.24, 2.45) is 11.8 Å². The van der Waals surface area contributed by atoms with Gasteiger partial charge >= 0.3 is 0 Å². The number of halogens is 1. The molecule has 1 aromatic rings. The average Bonchev–Trinajstić information content (AvgIpc) is 2.73. The van der Waals surface area contributed by atoms with E-state index in [1.807, 2.05) is 5.38 Å². The minimum atomic E-state index is 0.699. The molecule has 3 heteroatoms. The second-order valence-electron chi connectivity index (χ2n) is 5.41. The molecular weight excluding hydrogens is 250 g/mol. The summed E-state index contributed by atoms with van der Waals surface area (Å²) in [4.78, 5) is 1.35. The van der Waals surface area contributed by atoms with Crippen molar-refractivity contribution in [3.63, 3.8) is 0 Å². The van der Waals surface area contributed by atoms with Crippen molar-refractivity contribution >= 4 is 22.9 Å². The Morgan fingerprint density at radius 2 is 2.18 bits per heavy atom. The first-order valence-corrected chi connectivity index (χ1v) is 7.89. The van der Waals surface area contributed by atoms with Crippen molar-refractivity contribution in [2.75, 3.05) is 0 Å². The molecule has 1 N–H and O–H groups in total. The fourth-order valence-corrected chi connectivity index (χ4v) is 3.91. The van der Waals surface area contributed by atoms with Gasteiger partial charge in [-0.15, -0.1) is 11.3 Å². The van der Waals surface area contributed by atoms with E-state index in [9.17, 15) is 0 Å². The highest BCUT2D eigenvalue weighted by Gasteiger charge is 2.26. The SMILES string of the molecule is CC(C)C1CCCCC1NCc1cc(Cl)cs1. The van der Waals surface area contributed by atoms with E-state index < -0.39 is 0 Å². The van der Waals surface area contributed by atoms with Crippen LogP contribution in [0.2, 0.25) is 5.02 Å². The van der Waals surface area contributed by atoms with Crippen molar-refractivity contribution in [3.8, 4) is 0 Å². The van der Waals surface area contributed by atoms with E-state index >= 15 is 0 Å². The van der Waals surface area contributed by atoms with E-state index in [1.54, 1.807) is 11.3 Å². The maximum absolute atomic E-state index is 5.94. The standard InChI is InChI=1S/C14H22ClNS/c1-10(2)13-5-3-4-6-14(13)16-8-12-7-11(15)9-17-12/h7,9-10,13-14,16H,3-6,8H2,1-2H3. The largest absolute Gasteiger partial charge is 0.309 e. The minimum absolute atomic E-state index is 0.699. The van der Waals surface area contributed by atoms with Crippen molar-refractivity contribution in [1.82, 2.24) is 5.32 Å². The molecule has 0 bridgehead atoms. The van der Waals surface area contributed by atoms with Crippen LogP contribution < -0.4 is 5.32 Å². The fourth-order valence-electron chi connectivity index (χ4n) is 2.89. The molecule has 0 aromatic carbocycles. The van der Waals surface area contributed by atoms with Gasteiger partial charge in [0.25, 0.3) is 0 Å². The summed E-state index contributed by atoms with van der Waals surface area (Å²) in [6, 6.07) is 2.77. The molecule has 1 fully saturated rings. The van der Waals surface area contributed by atoms with Gasteiger partial charge < -0.3 is 5.32 Å². The van der Waals surface area contributed by atoms with E-state index in [2.05, 4.69) is 25.2 Å². The predicted molar refractivity (Wildman–Crippen MR) is 76.8 cm³/mol. The molecule has 0 saturated heterocycles. The lowest BCUT2D eigenvalue weighted by Crippen LogP contribution is -2.40. The highest BCUT2D eigenvalue weighted by Crippen LogP contribution is 2.30. The molecule has 0 amide bonds. The third-order valence-electron chi connectivity index (χ3n) is 3.84. The van der Waals surface area contributed by atoms with Crippen LogP contribution in [-0.4, -0.2) is 6.04 Å². The van der Waals surface area contributed by atoms with Crippen LogP contribution in [0, 0.1) is 11.8 Å². The van der Waals surface area contributed by atoms with Gasteiger partial charge in [-0.3, -0.25) is 0 Å². The highest BCUT2D eigenvalue weighted by atomic mass is 35.5. The van der Waals surface area contributed by atoms with Gasteiger partial charge in [0.1, 0.15) is 0 Å². The van der Waals surface area contributed by atoms with E-state index in [0.29, 0.717) is 6.04 Å². The van der Waals surface area contributed by atoms with Crippen LogP contribution >= 0.6 is 22.9 Å². The zero-order valence-corrected chi connectivity index (χ0v) is 12.3. The number of hydrogen-bond acceptors (Lipinski definition) is 2. The molecule has 0 aliphatic heterocycles. The summed E-state index contributed by atoms with van der Waals surface area (Å²) < 4.78 is 0. The lowest BCUT2D eigenvalue weighted by molar-refractivity contribution is 0.205. The Morgan fingerprint density at radius 3 is 2.82 bits per heavy atom. The topological polar surface area (TPSA) is 12.0 Å². The smallest absolute Gasteiger partial charge is 0.0516 e. The number of thiophene rings is 1. The number of rotatable bonds is 4. The van der Waals surface area contributed by atoms with Crippen LogP contribution in [0.15, 0.2) is 11.4 Å². The van der Waals surface area contributed by atoms with Gasteiger partial charge in [0.15, 0.2) is 0 Å². The Hall–Kier alpha value is -0.0500. The van der Waals surface area contributed by atoms with Crippen molar-refractivity contribution in [3.05, 3.63) is 21.3 Å². The third kappa shape index (κ3) is 3.70. The molecule has 1 aliphatic carbocycles. The molecule has 0 spiro atoms. The van der Waals surface area contributed by atoms with E-state index in [-0.39, 0.29) is 0 Å². The normalized spacial score (nSPS) is 25.4. The first-order valence-electron chi connectivity index (χ1n) is 6.63. The lowest BCUT2D eigenvalue weighted by atomic mass is 9.78. The Morgan fingerprint density at radius 1 is 1.41 bits per heavy atom. The Labute approximate surface area is 114 Å². The first-order chi connectivity index (χ1) is 8.16. The molecule has 1 heterocycles. The molecule has 2 unspecified atom stereocenters. The molecule has 96 valence electrons. The van der Waals surface area contributed by atoms with Crippen molar-refractivity contribution < 1.29 is 0 Å². The van der Waals surface area contributed by atoms with Gasteiger partial charge in [-0.2, -0.15) is 0 Å².